The van der Waals surface area contributed by atoms with Crippen LogP contribution in [0, 0.1) is 0 Å². The van der Waals surface area contributed by atoms with Gasteiger partial charge in [-0.25, -0.2) is 14.8 Å². The fraction of sp³-hybridized carbons (Fsp3) is 0.375. The minimum atomic E-state index is -0.373. The Bertz CT molecular complexity index is 380. The zero-order valence-electron chi connectivity index (χ0n) is 7.73. The molecule has 6 nitrogen and oxygen atoms in total. The number of nitrogens with zero attached hydrogens (tertiary/aromatic N) is 3. The number of fused-ring (bicyclic) bond motifs is 1. The number of hydrogen-bond acceptors (Lipinski definition) is 5. The van der Waals surface area contributed by atoms with E-state index in [1.807, 2.05) is 0 Å². The summed E-state index contributed by atoms with van der Waals surface area (Å²) in [7, 11) is 1.35. The molecule has 0 bridgehead atoms. The van der Waals surface area contributed by atoms with E-state index in [-0.39, 0.29) is 6.09 Å². The van der Waals surface area contributed by atoms with Gasteiger partial charge in [0.05, 0.1) is 25.9 Å². The maximum Gasteiger partial charge on any atom is 0.410 e. The van der Waals surface area contributed by atoms with Crippen LogP contribution in [0.25, 0.3) is 0 Å². The number of aromatic nitrogens is 2. The number of nitrogens with two attached hydrogens (primary N) is 1. The molecule has 1 aliphatic heterocycles. The van der Waals surface area contributed by atoms with E-state index < -0.39 is 0 Å². The van der Waals surface area contributed by atoms with Gasteiger partial charge in [-0.2, -0.15) is 0 Å². The molecule has 1 aromatic heterocycles. The topological polar surface area (TPSA) is 81.3 Å². The number of carbonyl (C=O) groups excluding carboxylic acids is 1. The molecule has 0 unspecified atom stereocenters. The fourth-order valence-corrected chi connectivity index (χ4v) is 1.46. The van der Waals surface area contributed by atoms with Crippen LogP contribution in [0.1, 0.15) is 11.3 Å². The van der Waals surface area contributed by atoms with Crippen molar-refractivity contribution < 1.29 is 9.53 Å². The van der Waals surface area contributed by atoms with E-state index in [2.05, 4.69) is 14.7 Å². The van der Waals surface area contributed by atoms with Gasteiger partial charge in [0.15, 0.2) is 0 Å². The Balaban J connectivity index is 2.26. The number of ether oxygens (including phenoxy) is 1. The Labute approximate surface area is 80.7 Å². The first-order chi connectivity index (χ1) is 6.72. The molecule has 0 atom stereocenters. The average molecular weight is 194 g/mol. The van der Waals surface area contributed by atoms with Crippen LogP contribution >= 0.6 is 0 Å². The van der Waals surface area contributed by atoms with E-state index in [9.17, 15) is 4.79 Å². The Kier molecular flexibility index (Phi) is 1.95. The van der Waals surface area contributed by atoms with Crippen LogP contribution in [-0.2, 0) is 17.8 Å². The molecule has 2 rings (SSSR count). The lowest BCUT2D eigenvalue weighted by atomic mass is 10.2. The minimum Gasteiger partial charge on any atom is -0.453 e. The number of rotatable bonds is 0. The minimum absolute atomic E-state index is 0.373. The third kappa shape index (κ3) is 1.24. The second kappa shape index (κ2) is 3.13. The quantitative estimate of drug-likeness (QED) is 0.635. The first-order valence-electron chi connectivity index (χ1n) is 4.13. The third-order valence-electron chi connectivity index (χ3n) is 2.19. The molecule has 2 N–H and O–H groups in total. The van der Waals surface area contributed by atoms with Crippen molar-refractivity contribution >= 4 is 11.9 Å². The summed E-state index contributed by atoms with van der Waals surface area (Å²) in [6.45, 7) is 0.864. The number of amides is 1. The highest BCUT2D eigenvalue weighted by Crippen LogP contribution is 2.24. The van der Waals surface area contributed by atoms with Crippen molar-refractivity contribution in [3.05, 3.63) is 17.6 Å². The van der Waals surface area contributed by atoms with Gasteiger partial charge in [-0.15, -0.1) is 0 Å². The molecule has 0 aliphatic carbocycles. The largest absolute Gasteiger partial charge is 0.453 e. The molecule has 0 spiro atoms. The molecule has 6 heteroatoms. The van der Waals surface area contributed by atoms with Gasteiger partial charge in [0.25, 0.3) is 0 Å². The van der Waals surface area contributed by atoms with E-state index in [1.165, 1.54) is 18.3 Å². The summed E-state index contributed by atoms with van der Waals surface area (Å²) >= 11 is 0. The van der Waals surface area contributed by atoms with Crippen molar-refractivity contribution in [3.8, 4) is 0 Å². The highest BCUT2D eigenvalue weighted by Gasteiger charge is 2.26. The maximum atomic E-state index is 11.2. The molecule has 14 heavy (non-hydrogen) atoms. The molecule has 1 aromatic rings. The first-order valence-corrected chi connectivity index (χ1v) is 4.13. The van der Waals surface area contributed by atoms with E-state index in [1.54, 1.807) is 0 Å². The van der Waals surface area contributed by atoms with Gasteiger partial charge in [0, 0.05) is 5.56 Å². The van der Waals surface area contributed by atoms with E-state index in [0.29, 0.717) is 18.9 Å². The summed E-state index contributed by atoms with van der Waals surface area (Å²) < 4.78 is 4.60. The molecule has 1 amide bonds. The van der Waals surface area contributed by atoms with E-state index >= 15 is 0 Å². The number of anilines is 1. The molecule has 2 heterocycles. The highest BCUT2D eigenvalue weighted by atomic mass is 16.5. The van der Waals surface area contributed by atoms with Gasteiger partial charge in [0.1, 0.15) is 12.1 Å². The van der Waals surface area contributed by atoms with Crippen molar-refractivity contribution in [2.75, 3.05) is 12.8 Å². The lowest BCUT2D eigenvalue weighted by Gasteiger charge is -2.12. The lowest BCUT2D eigenvalue weighted by molar-refractivity contribution is 0.123. The van der Waals surface area contributed by atoms with E-state index in [4.69, 9.17) is 5.73 Å². The number of methoxy groups -OCH3 is 1. The predicted molar refractivity (Wildman–Crippen MR) is 48.1 cm³/mol. The van der Waals surface area contributed by atoms with Crippen LogP contribution in [0.5, 0.6) is 0 Å². The lowest BCUT2D eigenvalue weighted by Crippen LogP contribution is -2.24. The third-order valence-corrected chi connectivity index (χ3v) is 2.19. The monoisotopic (exact) mass is 194 g/mol. The zero-order chi connectivity index (χ0) is 10.1. The number of carbonyl (C=O) groups is 1. The van der Waals surface area contributed by atoms with Crippen molar-refractivity contribution in [2.24, 2.45) is 0 Å². The Morgan fingerprint density at radius 1 is 1.57 bits per heavy atom. The van der Waals surface area contributed by atoms with Gasteiger partial charge in [-0.1, -0.05) is 0 Å². The summed E-state index contributed by atoms with van der Waals surface area (Å²) in [6, 6.07) is 0. The van der Waals surface area contributed by atoms with Gasteiger partial charge >= 0.3 is 6.09 Å². The Hall–Kier alpha value is -1.85. The summed E-state index contributed by atoms with van der Waals surface area (Å²) in [5, 5.41) is 0. The molecular formula is C8H10N4O2. The second-order valence-electron chi connectivity index (χ2n) is 3.01. The van der Waals surface area contributed by atoms with Crippen LogP contribution in [0.3, 0.4) is 0 Å². The van der Waals surface area contributed by atoms with Crippen molar-refractivity contribution in [1.29, 1.82) is 0 Å². The fourth-order valence-electron chi connectivity index (χ4n) is 1.46. The van der Waals surface area contributed by atoms with Crippen LogP contribution in [0.4, 0.5) is 10.6 Å². The number of nitrogen functional groups attached to an aromatic ring is 1. The summed E-state index contributed by atoms with van der Waals surface area (Å²) in [5.41, 5.74) is 7.26. The number of hydrogen-bond donors (Lipinski definition) is 1. The smallest absolute Gasteiger partial charge is 0.410 e. The summed E-state index contributed by atoms with van der Waals surface area (Å²) in [4.78, 5) is 20.6. The van der Waals surface area contributed by atoms with Crippen LogP contribution < -0.4 is 5.73 Å². The average Bonchev–Trinajstić information content (AvgIpc) is 2.62. The summed E-state index contributed by atoms with van der Waals surface area (Å²) in [6.07, 6.45) is 1.02. The first kappa shape index (κ1) is 8.74. The Morgan fingerprint density at radius 2 is 2.36 bits per heavy atom. The van der Waals surface area contributed by atoms with Crippen LogP contribution in [0.2, 0.25) is 0 Å². The summed E-state index contributed by atoms with van der Waals surface area (Å²) in [5.74, 6) is 0.432. The highest BCUT2D eigenvalue weighted by molar-refractivity contribution is 5.69. The van der Waals surface area contributed by atoms with Crippen LogP contribution in [-0.4, -0.2) is 28.1 Å². The van der Waals surface area contributed by atoms with Crippen molar-refractivity contribution in [3.63, 3.8) is 0 Å². The second-order valence-corrected chi connectivity index (χ2v) is 3.01. The zero-order valence-corrected chi connectivity index (χ0v) is 7.73. The van der Waals surface area contributed by atoms with Crippen LogP contribution in [0.15, 0.2) is 6.33 Å². The Morgan fingerprint density at radius 3 is 3.00 bits per heavy atom. The normalized spacial score (nSPS) is 13.9. The van der Waals surface area contributed by atoms with Gasteiger partial charge in [-0.3, -0.25) is 4.90 Å². The molecule has 1 aliphatic rings. The predicted octanol–water partition coefficient (Wildman–Crippen LogP) is 0.141. The molecule has 0 saturated carbocycles. The maximum absolute atomic E-state index is 11.2. The molecule has 74 valence electrons. The molecule has 0 aromatic carbocycles. The van der Waals surface area contributed by atoms with Crippen molar-refractivity contribution in [1.82, 2.24) is 14.9 Å². The van der Waals surface area contributed by atoms with Gasteiger partial charge in [0.2, 0.25) is 0 Å². The molecule has 0 saturated heterocycles. The van der Waals surface area contributed by atoms with E-state index in [0.717, 1.165) is 11.3 Å². The molecular weight excluding hydrogens is 184 g/mol. The van der Waals surface area contributed by atoms with Gasteiger partial charge < -0.3 is 10.5 Å². The van der Waals surface area contributed by atoms with Crippen molar-refractivity contribution in [2.45, 2.75) is 13.1 Å². The molecule has 0 fully saturated rings. The SMILES string of the molecule is COC(=O)N1Cc2ncnc(N)c2C1. The van der Waals surface area contributed by atoms with Gasteiger partial charge in [-0.05, 0) is 0 Å². The standard InChI is InChI=1S/C8H10N4O2/c1-14-8(13)12-2-5-6(3-12)10-4-11-7(5)9/h4H,2-3H2,1H3,(H2,9,10,11). The molecule has 0 radical (unpaired) electrons.